The smallest absolute Gasteiger partial charge is 0.0701 e. The van der Waals surface area contributed by atoms with Gasteiger partial charge in [-0.2, -0.15) is 0 Å². The minimum atomic E-state index is 0.377. The first-order valence-electron chi connectivity index (χ1n) is 10.3. The van der Waals surface area contributed by atoms with Crippen LogP contribution < -0.4 is 0 Å². The molecular weight excluding hydrogens is 448 g/mol. The third kappa shape index (κ3) is 24.3. The quantitative estimate of drug-likeness (QED) is 0.143. The molecule has 9 heteroatoms. The lowest BCUT2D eigenvalue weighted by atomic mass is 10.1. The van der Waals surface area contributed by atoms with Crippen molar-refractivity contribution in [3.8, 4) is 0 Å². The Labute approximate surface area is 184 Å². The molecule has 0 atom stereocenters. The minimum Gasteiger partial charge on any atom is -0.382 e. The molecule has 0 amide bonds. The molecule has 0 N–H and O–H groups in total. The van der Waals surface area contributed by atoms with Gasteiger partial charge in [0.25, 0.3) is 0 Å². The van der Waals surface area contributed by atoms with Gasteiger partial charge in [0.2, 0.25) is 0 Å². The minimum absolute atomic E-state index is 0.377. The fourth-order valence-corrected chi connectivity index (χ4v) is 2.57. The normalized spacial score (nSPS) is 11.6. The van der Waals surface area contributed by atoms with E-state index in [4.69, 9.17) is 37.9 Å². The van der Waals surface area contributed by atoms with Gasteiger partial charge in [-0.3, -0.25) is 0 Å². The van der Waals surface area contributed by atoms with E-state index >= 15 is 0 Å². The van der Waals surface area contributed by atoms with Gasteiger partial charge >= 0.3 is 0 Å². The Kier molecular flexibility index (Phi) is 26.3. The van der Waals surface area contributed by atoms with Crippen LogP contribution >= 0.6 is 15.9 Å². The molecule has 0 aliphatic carbocycles. The maximum Gasteiger partial charge on any atom is 0.0701 e. The van der Waals surface area contributed by atoms with Crippen molar-refractivity contribution in [3.63, 3.8) is 0 Å². The zero-order valence-electron chi connectivity index (χ0n) is 18.2. The summed E-state index contributed by atoms with van der Waals surface area (Å²) < 4.78 is 42.9. The van der Waals surface area contributed by atoms with Crippen molar-refractivity contribution in [2.24, 2.45) is 5.92 Å². The molecule has 0 radical (unpaired) electrons. The number of rotatable bonds is 25. The van der Waals surface area contributed by atoms with Gasteiger partial charge in [-0.1, -0.05) is 15.9 Å². The molecule has 0 heterocycles. The molecule has 0 saturated carbocycles. The van der Waals surface area contributed by atoms with Crippen LogP contribution in [0, 0.1) is 5.92 Å². The summed E-state index contributed by atoms with van der Waals surface area (Å²) in [5.41, 5.74) is 0. The molecule has 0 aromatic heterocycles. The zero-order chi connectivity index (χ0) is 21.3. The summed E-state index contributed by atoms with van der Waals surface area (Å²) in [5, 5.41) is 0.988. The molecular formula is C20H41BrO8. The third-order valence-corrected chi connectivity index (χ3v) is 4.37. The van der Waals surface area contributed by atoms with Crippen molar-refractivity contribution in [1.29, 1.82) is 0 Å². The van der Waals surface area contributed by atoms with Gasteiger partial charge in [0.1, 0.15) is 0 Å². The number of hydrogen-bond acceptors (Lipinski definition) is 8. The van der Waals surface area contributed by atoms with E-state index in [1.807, 2.05) is 0 Å². The van der Waals surface area contributed by atoms with Gasteiger partial charge in [0, 0.05) is 25.5 Å². The van der Waals surface area contributed by atoms with Gasteiger partial charge in [0.15, 0.2) is 0 Å². The van der Waals surface area contributed by atoms with Gasteiger partial charge in [-0.05, 0) is 12.8 Å². The average molecular weight is 489 g/mol. The van der Waals surface area contributed by atoms with Crippen LogP contribution in [0.4, 0.5) is 0 Å². The van der Waals surface area contributed by atoms with E-state index in [1.54, 1.807) is 14.2 Å². The molecule has 0 aromatic carbocycles. The second kappa shape index (κ2) is 26.2. The van der Waals surface area contributed by atoms with Crippen molar-refractivity contribution in [1.82, 2.24) is 0 Å². The van der Waals surface area contributed by atoms with Crippen molar-refractivity contribution in [2.75, 3.05) is 112 Å². The number of hydrogen-bond donors (Lipinski definition) is 0. The fraction of sp³-hybridized carbons (Fsp3) is 1.00. The highest BCUT2D eigenvalue weighted by atomic mass is 79.9. The summed E-state index contributed by atoms with van der Waals surface area (Å²) >= 11 is 3.48. The van der Waals surface area contributed by atoms with Crippen LogP contribution in [0.2, 0.25) is 0 Å². The monoisotopic (exact) mass is 488 g/mol. The Morgan fingerprint density at radius 2 is 0.862 bits per heavy atom. The Morgan fingerprint density at radius 1 is 0.517 bits per heavy atom. The van der Waals surface area contributed by atoms with E-state index in [0.29, 0.717) is 98.4 Å². The standard InChI is InChI=1S/C20H41BrO8/c1-22-6-8-24-10-12-26-14-16-28-18-20(4-3-5-21)19-29-17-15-27-13-11-25-9-7-23-2/h20H,3-19H2,1-2H3. The average Bonchev–Trinajstić information content (AvgIpc) is 2.74. The zero-order valence-corrected chi connectivity index (χ0v) is 19.8. The molecule has 8 nitrogen and oxygen atoms in total. The van der Waals surface area contributed by atoms with E-state index in [0.717, 1.165) is 18.2 Å². The van der Waals surface area contributed by atoms with E-state index in [-0.39, 0.29) is 0 Å². The van der Waals surface area contributed by atoms with Crippen LogP contribution in [0.5, 0.6) is 0 Å². The molecule has 29 heavy (non-hydrogen) atoms. The highest BCUT2D eigenvalue weighted by Gasteiger charge is 2.09. The van der Waals surface area contributed by atoms with Crippen LogP contribution in [0.3, 0.4) is 0 Å². The second-order valence-electron chi connectivity index (χ2n) is 6.28. The van der Waals surface area contributed by atoms with Crippen molar-refractivity contribution in [3.05, 3.63) is 0 Å². The SMILES string of the molecule is COCCOCCOCCOCC(CCCBr)COCCOCCOCCOC. The third-order valence-electron chi connectivity index (χ3n) is 3.80. The van der Waals surface area contributed by atoms with Gasteiger partial charge in [-0.15, -0.1) is 0 Å². The summed E-state index contributed by atoms with van der Waals surface area (Å²) in [7, 11) is 3.31. The van der Waals surface area contributed by atoms with Crippen LogP contribution in [0.25, 0.3) is 0 Å². The van der Waals surface area contributed by atoms with Gasteiger partial charge in [0.05, 0.1) is 92.5 Å². The van der Waals surface area contributed by atoms with E-state index in [2.05, 4.69) is 15.9 Å². The molecule has 0 fully saturated rings. The molecule has 0 aliphatic rings. The van der Waals surface area contributed by atoms with Crippen LogP contribution in [0.1, 0.15) is 12.8 Å². The molecule has 0 aromatic rings. The van der Waals surface area contributed by atoms with Crippen LogP contribution in [0.15, 0.2) is 0 Å². The predicted molar refractivity (Wildman–Crippen MR) is 115 cm³/mol. The summed E-state index contributed by atoms with van der Waals surface area (Å²) in [6, 6.07) is 0. The molecule has 0 aliphatic heterocycles. The van der Waals surface area contributed by atoms with Gasteiger partial charge in [-0.25, -0.2) is 0 Å². The van der Waals surface area contributed by atoms with Crippen molar-refractivity contribution < 1.29 is 37.9 Å². The van der Waals surface area contributed by atoms with E-state index < -0.39 is 0 Å². The largest absolute Gasteiger partial charge is 0.382 e. The summed E-state index contributed by atoms with van der Waals surface area (Å²) in [6.07, 6.45) is 2.16. The molecule has 0 rings (SSSR count). The molecule has 0 spiro atoms. The lowest BCUT2D eigenvalue weighted by Crippen LogP contribution is -2.20. The first kappa shape index (κ1) is 29.2. The number of alkyl halides is 1. The van der Waals surface area contributed by atoms with Crippen LogP contribution in [-0.2, 0) is 37.9 Å². The van der Waals surface area contributed by atoms with Crippen molar-refractivity contribution >= 4 is 15.9 Å². The summed E-state index contributed by atoms with van der Waals surface area (Å²) in [6.45, 7) is 8.35. The Balaban J connectivity index is 3.52. The highest BCUT2D eigenvalue weighted by Crippen LogP contribution is 2.09. The Hall–Kier alpha value is 0.160. The lowest BCUT2D eigenvalue weighted by Gasteiger charge is -2.17. The maximum atomic E-state index is 5.74. The first-order chi connectivity index (χ1) is 14.3. The van der Waals surface area contributed by atoms with E-state index in [1.165, 1.54) is 0 Å². The molecule has 176 valence electrons. The number of methoxy groups -OCH3 is 2. The lowest BCUT2D eigenvalue weighted by molar-refractivity contribution is -0.0222. The Bertz CT molecular complexity index is 276. The Morgan fingerprint density at radius 3 is 1.21 bits per heavy atom. The predicted octanol–water partition coefficient (Wildman–Crippen LogP) is 2.17. The summed E-state index contributed by atoms with van der Waals surface area (Å²) in [5.74, 6) is 0.377. The highest BCUT2D eigenvalue weighted by molar-refractivity contribution is 9.09. The maximum absolute atomic E-state index is 5.74. The molecule has 0 saturated heterocycles. The molecule has 0 unspecified atom stereocenters. The summed E-state index contributed by atoms with van der Waals surface area (Å²) in [4.78, 5) is 0. The number of halogens is 1. The van der Waals surface area contributed by atoms with Crippen molar-refractivity contribution in [2.45, 2.75) is 12.8 Å². The van der Waals surface area contributed by atoms with E-state index in [9.17, 15) is 0 Å². The second-order valence-corrected chi connectivity index (χ2v) is 7.08. The van der Waals surface area contributed by atoms with Gasteiger partial charge < -0.3 is 37.9 Å². The first-order valence-corrected chi connectivity index (χ1v) is 11.5. The molecule has 0 bridgehead atoms. The topological polar surface area (TPSA) is 73.8 Å². The number of ether oxygens (including phenoxy) is 8. The fourth-order valence-electron chi connectivity index (χ4n) is 2.24. The van der Waals surface area contributed by atoms with Crippen LogP contribution in [-0.4, -0.2) is 112 Å².